The summed E-state index contributed by atoms with van der Waals surface area (Å²) in [5.41, 5.74) is 1.44. The van der Waals surface area contributed by atoms with E-state index in [1.807, 2.05) is 27.0 Å². The molecule has 1 aromatic carbocycles. The predicted molar refractivity (Wildman–Crippen MR) is 137 cm³/mol. The topological polar surface area (TPSA) is 116 Å². The highest BCUT2D eigenvalue weighted by atomic mass is 16.2. The summed E-state index contributed by atoms with van der Waals surface area (Å²) in [5.74, 6) is -1.44. The van der Waals surface area contributed by atoms with Gasteiger partial charge in [0.05, 0.1) is 11.1 Å². The zero-order chi connectivity index (χ0) is 26.2. The lowest BCUT2D eigenvalue weighted by atomic mass is 10.0. The van der Waals surface area contributed by atoms with Crippen LogP contribution in [-0.2, 0) is 14.4 Å². The summed E-state index contributed by atoms with van der Waals surface area (Å²) in [6.07, 6.45) is 7.30. The SMILES string of the molecule is CC(C)CC(=O)NCCCCCCCCN(C)c1ccc2c(c1)C(=O)N(C1CCC(=O)NC1=O)C2=O. The van der Waals surface area contributed by atoms with Crippen LogP contribution in [0.1, 0.15) is 92.4 Å². The van der Waals surface area contributed by atoms with Crippen molar-refractivity contribution in [3.63, 3.8) is 0 Å². The number of hydrogen-bond donors (Lipinski definition) is 2. The number of hydrogen-bond acceptors (Lipinski definition) is 6. The van der Waals surface area contributed by atoms with Gasteiger partial charge in [0.2, 0.25) is 17.7 Å². The van der Waals surface area contributed by atoms with E-state index in [4.69, 9.17) is 0 Å². The van der Waals surface area contributed by atoms with E-state index in [9.17, 15) is 24.0 Å². The van der Waals surface area contributed by atoms with Crippen LogP contribution in [0.2, 0.25) is 0 Å². The molecule has 2 aliphatic heterocycles. The molecule has 0 aliphatic carbocycles. The van der Waals surface area contributed by atoms with Crippen molar-refractivity contribution in [3.8, 4) is 0 Å². The van der Waals surface area contributed by atoms with Crippen molar-refractivity contribution in [2.24, 2.45) is 5.92 Å². The molecule has 2 aliphatic rings. The number of piperidine rings is 1. The lowest BCUT2D eigenvalue weighted by Crippen LogP contribution is -2.54. The average Bonchev–Trinajstić information content (AvgIpc) is 3.07. The number of carbonyl (C=O) groups is 5. The predicted octanol–water partition coefficient (Wildman–Crippen LogP) is 3.03. The third kappa shape index (κ3) is 6.92. The van der Waals surface area contributed by atoms with Crippen LogP contribution in [-0.4, -0.2) is 60.6 Å². The van der Waals surface area contributed by atoms with Crippen LogP contribution in [0.15, 0.2) is 18.2 Å². The third-order valence-corrected chi connectivity index (χ3v) is 6.70. The van der Waals surface area contributed by atoms with Crippen LogP contribution in [0.3, 0.4) is 0 Å². The number of amides is 5. The number of anilines is 1. The molecule has 9 heteroatoms. The number of imide groups is 2. The van der Waals surface area contributed by atoms with E-state index < -0.39 is 23.8 Å². The normalized spacial score (nSPS) is 17.4. The summed E-state index contributed by atoms with van der Waals surface area (Å²) in [6.45, 7) is 5.65. The van der Waals surface area contributed by atoms with Crippen molar-refractivity contribution in [2.45, 2.75) is 77.7 Å². The van der Waals surface area contributed by atoms with Crippen LogP contribution in [0.4, 0.5) is 5.69 Å². The number of rotatable bonds is 13. The summed E-state index contributed by atoms with van der Waals surface area (Å²) >= 11 is 0. The Morgan fingerprint density at radius 2 is 1.69 bits per heavy atom. The quantitative estimate of drug-likeness (QED) is 0.319. The highest BCUT2D eigenvalue weighted by molar-refractivity contribution is 6.23. The van der Waals surface area contributed by atoms with E-state index in [0.717, 1.165) is 62.2 Å². The molecular formula is C27H38N4O5. The van der Waals surface area contributed by atoms with E-state index in [0.29, 0.717) is 23.5 Å². The van der Waals surface area contributed by atoms with Gasteiger partial charge in [-0.3, -0.25) is 34.2 Å². The monoisotopic (exact) mass is 498 g/mol. The van der Waals surface area contributed by atoms with Gasteiger partial charge >= 0.3 is 0 Å². The Morgan fingerprint density at radius 3 is 2.39 bits per heavy atom. The zero-order valence-corrected chi connectivity index (χ0v) is 21.6. The second-order valence-corrected chi connectivity index (χ2v) is 10.2. The number of nitrogens with one attached hydrogen (secondary N) is 2. The lowest BCUT2D eigenvalue weighted by Gasteiger charge is -2.27. The van der Waals surface area contributed by atoms with Gasteiger partial charge < -0.3 is 10.2 Å². The zero-order valence-electron chi connectivity index (χ0n) is 21.6. The molecule has 0 radical (unpaired) electrons. The molecule has 2 N–H and O–H groups in total. The summed E-state index contributed by atoms with van der Waals surface area (Å²) < 4.78 is 0. The molecule has 196 valence electrons. The van der Waals surface area contributed by atoms with Crippen molar-refractivity contribution < 1.29 is 24.0 Å². The van der Waals surface area contributed by atoms with E-state index in [-0.39, 0.29) is 24.7 Å². The summed E-state index contributed by atoms with van der Waals surface area (Å²) in [7, 11) is 1.96. The molecule has 2 heterocycles. The van der Waals surface area contributed by atoms with Crippen molar-refractivity contribution in [2.75, 3.05) is 25.0 Å². The molecule has 1 atom stereocenters. The Bertz CT molecular complexity index is 1010. The second-order valence-electron chi connectivity index (χ2n) is 10.2. The van der Waals surface area contributed by atoms with Gasteiger partial charge in [0.1, 0.15) is 6.04 Å². The first-order valence-corrected chi connectivity index (χ1v) is 13.0. The van der Waals surface area contributed by atoms with Crippen LogP contribution >= 0.6 is 0 Å². The summed E-state index contributed by atoms with van der Waals surface area (Å²) in [4.78, 5) is 64.2. The van der Waals surface area contributed by atoms with Gasteiger partial charge in [-0.05, 0) is 43.4 Å². The van der Waals surface area contributed by atoms with Crippen LogP contribution in [0.25, 0.3) is 0 Å². The Labute approximate surface area is 213 Å². The van der Waals surface area contributed by atoms with E-state index in [1.165, 1.54) is 0 Å². The molecule has 1 unspecified atom stereocenters. The van der Waals surface area contributed by atoms with Crippen molar-refractivity contribution in [1.29, 1.82) is 0 Å². The molecule has 5 amide bonds. The minimum absolute atomic E-state index is 0.104. The van der Waals surface area contributed by atoms with Crippen LogP contribution < -0.4 is 15.5 Å². The number of unbranched alkanes of at least 4 members (excludes halogenated alkanes) is 5. The fraction of sp³-hybridized carbons (Fsp3) is 0.593. The molecule has 9 nitrogen and oxygen atoms in total. The van der Waals surface area contributed by atoms with E-state index in [2.05, 4.69) is 15.5 Å². The highest BCUT2D eigenvalue weighted by Crippen LogP contribution is 2.30. The Kier molecular flexibility index (Phi) is 9.61. The number of carbonyl (C=O) groups excluding carboxylic acids is 5. The van der Waals surface area contributed by atoms with Gasteiger partial charge in [-0.25, -0.2) is 0 Å². The van der Waals surface area contributed by atoms with Crippen molar-refractivity contribution in [3.05, 3.63) is 29.3 Å². The molecule has 1 aromatic rings. The molecule has 0 spiro atoms. The lowest BCUT2D eigenvalue weighted by molar-refractivity contribution is -0.136. The Balaban J connectivity index is 1.40. The maximum atomic E-state index is 13.0. The molecule has 0 saturated carbocycles. The first-order chi connectivity index (χ1) is 17.2. The van der Waals surface area contributed by atoms with Gasteiger partial charge in [0, 0.05) is 38.7 Å². The molecule has 1 saturated heterocycles. The first kappa shape index (κ1) is 27.4. The summed E-state index contributed by atoms with van der Waals surface area (Å²) in [6, 6.07) is 4.24. The molecule has 36 heavy (non-hydrogen) atoms. The first-order valence-electron chi connectivity index (χ1n) is 13.0. The third-order valence-electron chi connectivity index (χ3n) is 6.70. The maximum absolute atomic E-state index is 13.0. The smallest absolute Gasteiger partial charge is 0.262 e. The van der Waals surface area contributed by atoms with Gasteiger partial charge in [-0.1, -0.05) is 39.5 Å². The number of nitrogens with zero attached hydrogens (tertiary/aromatic N) is 2. The minimum Gasteiger partial charge on any atom is -0.375 e. The largest absolute Gasteiger partial charge is 0.375 e. The van der Waals surface area contributed by atoms with Gasteiger partial charge in [-0.15, -0.1) is 0 Å². The fourth-order valence-corrected chi connectivity index (χ4v) is 4.68. The fourth-order valence-electron chi connectivity index (χ4n) is 4.68. The Hall–Kier alpha value is -3.23. The van der Waals surface area contributed by atoms with Crippen molar-refractivity contribution in [1.82, 2.24) is 15.5 Å². The van der Waals surface area contributed by atoms with Gasteiger partial charge in [0.15, 0.2) is 0 Å². The number of fused-ring (bicyclic) bond motifs is 1. The van der Waals surface area contributed by atoms with E-state index >= 15 is 0 Å². The van der Waals surface area contributed by atoms with Gasteiger partial charge in [0.25, 0.3) is 11.8 Å². The molecule has 0 aromatic heterocycles. The van der Waals surface area contributed by atoms with Crippen LogP contribution in [0.5, 0.6) is 0 Å². The Morgan fingerprint density at radius 1 is 1.03 bits per heavy atom. The number of benzene rings is 1. The summed E-state index contributed by atoms with van der Waals surface area (Å²) in [5, 5.41) is 5.18. The maximum Gasteiger partial charge on any atom is 0.262 e. The molecule has 3 rings (SSSR count). The highest BCUT2D eigenvalue weighted by Gasteiger charge is 2.44. The molecule has 1 fully saturated rings. The van der Waals surface area contributed by atoms with Gasteiger partial charge in [-0.2, -0.15) is 0 Å². The molecular weight excluding hydrogens is 460 g/mol. The molecule has 0 bridgehead atoms. The average molecular weight is 499 g/mol. The van der Waals surface area contributed by atoms with Crippen molar-refractivity contribution >= 4 is 35.2 Å². The standard InChI is InChI=1S/C27H38N4O5/c1-18(2)16-24(33)28-14-8-6-4-5-7-9-15-30(3)19-10-11-20-21(17-19)27(36)31(26(20)35)22-12-13-23(32)29-25(22)34/h10-11,17-18,22H,4-9,12-16H2,1-3H3,(H,28,33)(H,29,32,34). The second kappa shape index (κ2) is 12.6. The van der Waals surface area contributed by atoms with E-state index in [1.54, 1.807) is 12.1 Å². The van der Waals surface area contributed by atoms with Crippen LogP contribution in [0, 0.1) is 5.92 Å². The minimum atomic E-state index is -0.951.